The van der Waals surface area contributed by atoms with Crippen LogP contribution in [0.5, 0.6) is 0 Å². The average molecular weight is 232 g/mol. The lowest BCUT2D eigenvalue weighted by Crippen LogP contribution is -2.15. The highest BCUT2D eigenvalue weighted by Gasteiger charge is 2.36. The number of hydrogen-bond acceptors (Lipinski definition) is 2. The molecule has 2 nitrogen and oxygen atoms in total. The van der Waals surface area contributed by atoms with Crippen molar-refractivity contribution in [2.75, 3.05) is 0 Å². The summed E-state index contributed by atoms with van der Waals surface area (Å²) in [6, 6.07) is 0. The van der Waals surface area contributed by atoms with Gasteiger partial charge in [-0.1, -0.05) is 23.8 Å². The molecule has 0 radical (unpaired) electrons. The van der Waals surface area contributed by atoms with Crippen LogP contribution in [0.25, 0.3) is 0 Å². The number of esters is 1. The molecule has 2 heteroatoms. The molecule has 0 aromatic carbocycles. The van der Waals surface area contributed by atoms with Crippen molar-refractivity contribution in [3.05, 3.63) is 35.5 Å². The number of hydrogen-bond donors (Lipinski definition) is 0. The van der Waals surface area contributed by atoms with Crippen molar-refractivity contribution in [3.8, 4) is 0 Å². The third-order valence-electron chi connectivity index (χ3n) is 3.68. The van der Waals surface area contributed by atoms with E-state index >= 15 is 0 Å². The lowest BCUT2D eigenvalue weighted by molar-refractivity contribution is -0.137. The average Bonchev–Trinajstić information content (AvgIpc) is 2.52. The first-order valence-corrected chi connectivity index (χ1v) is 6.30. The van der Waals surface area contributed by atoms with Crippen molar-refractivity contribution < 1.29 is 9.53 Å². The zero-order valence-electron chi connectivity index (χ0n) is 10.7. The van der Waals surface area contributed by atoms with Gasteiger partial charge in [0.1, 0.15) is 6.10 Å². The Hall–Kier alpha value is -1.31. The third kappa shape index (κ3) is 2.68. The van der Waals surface area contributed by atoms with Crippen LogP contribution in [0.15, 0.2) is 35.5 Å². The lowest BCUT2D eigenvalue weighted by atomic mass is 9.88. The number of fused-ring (bicyclic) bond motifs is 1. The number of carbonyl (C=O) groups excluding carboxylic acids is 1. The molecule has 1 aliphatic carbocycles. The molecule has 0 aromatic heterocycles. The van der Waals surface area contributed by atoms with E-state index in [1.165, 1.54) is 11.1 Å². The van der Waals surface area contributed by atoms with Gasteiger partial charge >= 0.3 is 5.97 Å². The van der Waals surface area contributed by atoms with E-state index in [-0.39, 0.29) is 18.0 Å². The van der Waals surface area contributed by atoms with Crippen LogP contribution in [0, 0.1) is 5.92 Å². The van der Waals surface area contributed by atoms with E-state index < -0.39 is 0 Å². The molecule has 1 saturated heterocycles. The molecule has 2 rings (SSSR count). The summed E-state index contributed by atoms with van der Waals surface area (Å²) in [4.78, 5) is 11.6. The van der Waals surface area contributed by atoms with Gasteiger partial charge < -0.3 is 4.74 Å². The summed E-state index contributed by atoms with van der Waals surface area (Å²) in [7, 11) is 0. The second-order valence-corrected chi connectivity index (χ2v) is 5.14. The summed E-state index contributed by atoms with van der Waals surface area (Å²) in [6.07, 6.45) is 8.45. The minimum absolute atomic E-state index is 0.0825. The number of ether oxygens (including phenoxy) is 1. The van der Waals surface area contributed by atoms with E-state index in [1.807, 2.05) is 0 Å². The third-order valence-corrected chi connectivity index (χ3v) is 3.68. The van der Waals surface area contributed by atoms with Gasteiger partial charge in [-0.2, -0.15) is 0 Å². The summed E-state index contributed by atoms with van der Waals surface area (Å²) in [6.45, 7) is 8.14. The van der Waals surface area contributed by atoms with E-state index in [9.17, 15) is 4.79 Å². The van der Waals surface area contributed by atoms with Crippen LogP contribution >= 0.6 is 0 Å². The van der Waals surface area contributed by atoms with Gasteiger partial charge in [0, 0.05) is 11.5 Å². The smallest absolute Gasteiger partial charge is 0.334 e. The molecule has 0 aromatic rings. The van der Waals surface area contributed by atoms with Crippen LogP contribution in [0.2, 0.25) is 0 Å². The molecule has 0 unspecified atom stereocenters. The van der Waals surface area contributed by atoms with Crippen molar-refractivity contribution in [1.29, 1.82) is 0 Å². The van der Waals surface area contributed by atoms with Crippen LogP contribution < -0.4 is 0 Å². The Bertz CT molecular complexity index is 401. The highest BCUT2D eigenvalue weighted by Crippen LogP contribution is 2.33. The largest absolute Gasteiger partial charge is 0.454 e. The molecule has 1 heterocycles. The maximum absolute atomic E-state index is 11.6. The van der Waals surface area contributed by atoms with Crippen molar-refractivity contribution in [2.24, 2.45) is 5.92 Å². The topological polar surface area (TPSA) is 26.3 Å². The SMILES string of the molecule is C=C1C(=O)O[C@H]2/C=C(\C)CCC=C(C)CC[C@H]12. The molecule has 0 saturated carbocycles. The Morgan fingerprint density at radius 3 is 2.82 bits per heavy atom. The maximum atomic E-state index is 11.6. The summed E-state index contributed by atoms with van der Waals surface area (Å²) in [5.74, 6) is -0.0520. The minimum Gasteiger partial charge on any atom is -0.454 e. The Balaban J connectivity index is 2.24. The molecule has 0 amide bonds. The molecule has 0 bridgehead atoms. The van der Waals surface area contributed by atoms with E-state index in [2.05, 4.69) is 32.6 Å². The normalized spacial score (nSPS) is 33.3. The van der Waals surface area contributed by atoms with Crippen LogP contribution in [0.3, 0.4) is 0 Å². The predicted octanol–water partition coefficient (Wildman–Crippen LogP) is 3.55. The maximum Gasteiger partial charge on any atom is 0.334 e. The fourth-order valence-electron chi connectivity index (χ4n) is 2.51. The fraction of sp³-hybridized carbons (Fsp3) is 0.533. The predicted molar refractivity (Wildman–Crippen MR) is 68.5 cm³/mol. The Morgan fingerprint density at radius 1 is 1.29 bits per heavy atom. The van der Waals surface area contributed by atoms with Crippen molar-refractivity contribution >= 4 is 5.97 Å². The minimum atomic E-state index is -0.218. The van der Waals surface area contributed by atoms with Crippen LogP contribution in [0.4, 0.5) is 0 Å². The van der Waals surface area contributed by atoms with E-state index in [1.54, 1.807) is 0 Å². The van der Waals surface area contributed by atoms with Crippen molar-refractivity contribution in [1.82, 2.24) is 0 Å². The fourth-order valence-corrected chi connectivity index (χ4v) is 2.51. The van der Waals surface area contributed by atoms with Crippen LogP contribution in [0.1, 0.15) is 39.5 Å². The quantitative estimate of drug-likeness (QED) is 0.363. The van der Waals surface area contributed by atoms with E-state index in [0.717, 1.165) is 25.7 Å². The van der Waals surface area contributed by atoms with Gasteiger partial charge in [0.2, 0.25) is 0 Å². The van der Waals surface area contributed by atoms with Crippen molar-refractivity contribution in [3.63, 3.8) is 0 Å². The zero-order chi connectivity index (χ0) is 12.4. The van der Waals surface area contributed by atoms with Crippen LogP contribution in [-0.4, -0.2) is 12.1 Å². The molecule has 2 atom stereocenters. The second kappa shape index (κ2) is 4.91. The molecule has 92 valence electrons. The lowest BCUT2D eigenvalue weighted by Gasteiger charge is -2.17. The van der Waals surface area contributed by atoms with Crippen molar-refractivity contribution in [2.45, 2.75) is 45.6 Å². The number of allylic oxidation sites excluding steroid dienone is 3. The molecule has 1 aliphatic heterocycles. The van der Waals surface area contributed by atoms with Gasteiger partial charge in [-0.3, -0.25) is 0 Å². The molecule has 0 spiro atoms. The summed E-state index contributed by atoms with van der Waals surface area (Å²) in [5, 5.41) is 0. The summed E-state index contributed by atoms with van der Waals surface area (Å²) < 4.78 is 5.38. The van der Waals surface area contributed by atoms with Gasteiger partial charge in [-0.25, -0.2) is 4.79 Å². The first kappa shape index (κ1) is 12.2. The van der Waals surface area contributed by atoms with Gasteiger partial charge in [-0.05, 0) is 45.6 Å². The van der Waals surface area contributed by atoms with E-state index in [0.29, 0.717) is 5.57 Å². The van der Waals surface area contributed by atoms with Crippen LogP contribution in [-0.2, 0) is 9.53 Å². The highest BCUT2D eigenvalue weighted by atomic mass is 16.5. The van der Waals surface area contributed by atoms with E-state index in [4.69, 9.17) is 4.74 Å². The Kier molecular flexibility index (Phi) is 3.51. The molecule has 2 aliphatic rings. The first-order valence-electron chi connectivity index (χ1n) is 6.30. The number of carbonyl (C=O) groups is 1. The van der Waals surface area contributed by atoms with Gasteiger partial charge in [0.25, 0.3) is 0 Å². The molecule has 1 fully saturated rings. The summed E-state index contributed by atoms with van der Waals surface area (Å²) in [5.41, 5.74) is 3.35. The molecule has 0 N–H and O–H groups in total. The highest BCUT2D eigenvalue weighted by molar-refractivity contribution is 5.91. The summed E-state index contributed by atoms with van der Waals surface area (Å²) >= 11 is 0. The molecular formula is C15H20O2. The first-order chi connectivity index (χ1) is 8.08. The molecular weight excluding hydrogens is 212 g/mol. The van der Waals surface area contributed by atoms with Gasteiger partial charge in [-0.15, -0.1) is 0 Å². The van der Waals surface area contributed by atoms with Gasteiger partial charge in [0.15, 0.2) is 0 Å². The Labute approximate surface area is 103 Å². The molecule has 17 heavy (non-hydrogen) atoms. The Morgan fingerprint density at radius 2 is 2.06 bits per heavy atom. The van der Waals surface area contributed by atoms with Gasteiger partial charge in [0.05, 0.1) is 0 Å². The zero-order valence-corrected chi connectivity index (χ0v) is 10.7. The number of rotatable bonds is 0. The standard InChI is InChI=1S/C15H20O2/c1-10-5-4-6-11(2)9-14-13(8-7-10)12(3)15(16)17-14/h5,9,13-14H,3-4,6-8H2,1-2H3/b10-5?,11-9+/t13-,14+/m1/s1. The second-order valence-electron chi connectivity index (χ2n) is 5.14. The monoisotopic (exact) mass is 232 g/mol.